The van der Waals surface area contributed by atoms with Crippen molar-refractivity contribution in [3.8, 4) is 0 Å². The van der Waals surface area contributed by atoms with Gasteiger partial charge in [0.2, 0.25) is 5.91 Å². The van der Waals surface area contributed by atoms with Crippen LogP contribution in [-0.4, -0.2) is 59.0 Å². The third-order valence-electron chi connectivity index (χ3n) is 4.48. The number of nitrogens with one attached hydrogen (secondary N) is 3. The minimum absolute atomic E-state index is 0.00367. The highest BCUT2D eigenvalue weighted by atomic mass is 16.6. The molecule has 1 heterocycles. The van der Waals surface area contributed by atoms with Crippen molar-refractivity contribution in [2.45, 2.75) is 65.6 Å². The van der Waals surface area contributed by atoms with Gasteiger partial charge < -0.3 is 30.8 Å². The zero-order valence-corrected chi connectivity index (χ0v) is 21.6. The van der Waals surface area contributed by atoms with E-state index in [0.29, 0.717) is 22.2 Å². The van der Waals surface area contributed by atoms with Gasteiger partial charge in [0, 0.05) is 36.0 Å². The number of carbonyl (C=O) groups excluding carboxylic acids is 4. The molecule has 0 atom stereocenters. The smallest absolute Gasteiger partial charge is 0.436 e. The van der Waals surface area contributed by atoms with Gasteiger partial charge in [0.05, 0.1) is 6.42 Å². The van der Waals surface area contributed by atoms with E-state index in [0.717, 1.165) is 0 Å². The van der Waals surface area contributed by atoms with Gasteiger partial charge in [-0.3, -0.25) is 14.4 Å². The molecule has 0 bridgehead atoms. The van der Waals surface area contributed by atoms with Crippen LogP contribution in [0.2, 0.25) is 0 Å². The highest BCUT2D eigenvalue weighted by Gasteiger charge is 2.18. The van der Waals surface area contributed by atoms with Crippen molar-refractivity contribution in [2.75, 3.05) is 13.1 Å². The minimum atomic E-state index is -0.789. The Morgan fingerprint density at radius 1 is 0.917 bits per heavy atom. The molecule has 0 unspecified atom stereocenters. The van der Waals surface area contributed by atoms with Gasteiger partial charge in [-0.2, -0.15) is 4.99 Å². The number of ether oxygens (including phenoxy) is 2. The number of H-pyrrole nitrogens is 1. The highest BCUT2D eigenvalue weighted by molar-refractivity contribution is 6.06. The van der Waals surface area contributed by atoms with Crippen LogP contribution in [0.5, 0.6) is 0 Å². The number of carbonyl (C=O) groups is 4. The van der Waals surface area contributed by atoms with Crippen LogP contribution < -0.4 is 16.4 Å². The summed E-state index contributed by atoms with van der Waals surface area (Å²) < 4.78 is 10.3. The average molecular weight is 502 g/mol. The van der Waals surface area contributed by atoms with Gasteiger partial charge in [-0.15, -0.1) is 0 Å². The van der Waals surface area contributed by atoms with Crippen LogP contribution in [0, 0.1) is 0 Å². The number of fused-ring (bicyclic) bond motifs is 1. The van der Waals surface area contributed by atoms with E-state index in [1.807, 2.05) is 0 Å². The molecule has 0 radical (unpaired) electrons. The van der Waals surface area contributed by atoms with E-state index in [2.05, 4.69) is 20.6 Å². The Kier molecular flexibility index (Phi) is 9.21. The third-order valence-corrected chi connectivity index (χ3v) is 4.48. The SMILES string of the molecule is CC(C)(C)OC(=O)CCNC(=O)CCNC(=O)c1cc2cc(/C(N)=N\C(=O)OC(C)(C)C)ccc2[nH]1. The zero-order valence-electron chi connectivity index (χ0n) is 21.6. The number of nitrogens with two attached hydrogens (primary N) is 1. The van der Waals surface area contributed by atoms with Crippen LogP contribution in [-0.2, 0) is 19.1 Å². The van der Waals surface area contributed by atoms with Crippen molar-refractivity contribution in [1.29, 1.82) is 0 Å². The molecule has 2 rings (SSSR count). The second kappa shape index (κ2) is 11.7. The van der Waals surface area contributed by atoms with Crippen LogP contribution in [0.1, 0.15) is 70.4 Å². The monoisotopic (exact) mass is 501 g/mol. The van der Waals surface area contributed by atoms with E-state index >= 15 is 0 Å². The molecule has 3 amide bonds. The predicted molar refractivity (Wildman–Crippen MR) is 136 cm³/mol. The number of amidine groups is 1. The van der Waals surface area contributed by atoms with E-state index in [1.54, 1.807) is 65.8 Å². The summed E-state index contributed by atoms with van der Waals surface area (Å²) in [5.41, 5.74) is 6.17. The summed E-state index contributed by atoms with van der Waals surface area (Å²) in [6.45, 7) is 10.8. The van der Waals surface area contributed by atoms with Gasteiger partial charge in [0.1, 0.15) is 22.7 Å². The zero-order chi connectivity index (χ0) is 27.1. The Morgan fingerprint density at radius 3 is 2.19 bits per heavy atom. The standard InChI is InChI=1S/C25H35N5O6/c1-24(2,3)35-20(32)10-12-27-19(31)9-11-28-22(33)18-14-16-13-15(7-8-17(16)29-18)21(26)30-23(34)36-25(4,5)6/h7-8,13-14,29H,9-12H2,1-6H3,(H,27,31)(H,28,33)(H2,26,30,34). The summed E-state index contributed by atoms with van der Waals surface area (Å²) >= 11 is 0. The second-order valence-corrected chi connectivity index (χ2v) is 10.2. The van der Waals surface area contributed by atoms with Crippen LogP contribution in [0.3, 0.4) is 0 Å². The van der Waals surface area contributed by atoms with Gasteiger partial charge >= 0.3 is 12.1 Å². The Hall–Kier alpha value is -3.89. The van der Waals surface area contributed by atoms with Gasteiger partial charge in [-0.05, 0) is 65.8 Å². The normalized spacial score (nSPS) is 12.2. The number of benzene rings is 1. The summed E-state index contributed by atoms with van der Waals surface area (Å²) in [4.78, 5) is 54.7. The lowest BCUT2D eigenvalue weighted by atomic mass is 10.1. The molecule has 11 nitrogen and oxygen atoms in total. The molecule has 0 spiro atoms. The van der Waals surface area contributed by atoms with Crippen LogP contribution in [0.25, 0.3) is 10.9 Å². The number of aromatic amines is 1. The topological polar surface area (TPSA) is 165 Å². The summed E-state index contributed by atoms with van der Waals surface area (Å²) in [6, 6.07) is 6.72. The Bertz CT molecular complexity index is 1150. The fourth-order valence-electron chi connectivity index (χ4n) is 3.03. The summed E-state index contributed by atoms with van der Waals surface area (Å²) in [7, 11) is 0. The molecular formula is C25H35N5O6. The van der Waals surface area contributed by atoms with Gasteiger partial charge in [-0.1, -0.05) is 0 Å². The first-order valence-corrected chi connectivity index (χ1v) is 11.6. The summed E-state index contributed by atoms with van der Waals surface area (Å²) in [5, 5.41) is 5.99. The predicted octanol–water partition coefficient (Wildman–Crippen LogP) is 2.78. The molecule has 0 saturated carbocycles. The van der Waals surface area contributed by atoms with Crippen molar-refractivity contribution >= 4 is 40.6 Å². The Labute approximate surface area is 210 Å². The fraction of sp³-hybridized carbons (Fsp3) is 0.480. The molecule has 2 aromatic rings. The Morgan fingerprint density at radius 2 is 1.56 bits per heavy atom. The molecule has 36 heavy (non-hydrogen) atoms. The van der Waals surface area contributed by atoms with Gasteiger partial charge in [-0.25, -0.2) is 4.79 Å². The molecule has 0 aliphatic rings. The van der Waals surface area contributed by atoms with E-state index in [-0.39, 0.29) is 43.6 Å². The average Bonchev–Trinajstić information content (AvgIpc) is 3.14. The number of hydrogen-bond donors (Lipinski definition) is 4. The van der Waals surface area contributed by atoms with E-state index < -0.39 is 23.3 Å². The number of aromatic nitrogens is 1. The number of nitrogens with zero attached hydrogens (tertiary/aromatic N) is 1. The molecule has 0 aliphatic carbocycles. The van der Waals surface area contributed by atoms with Crippen LogP contribution in [0.4, 0.5) is 4.79 Å². The molecule has 1 aromatic heterocycles. The van der Waals surface area contributed by atoms with Crippen molar-refractivity contribution in [1.82, 2.24) is 15.6 Å². The molecule has 11 heteroatoms. The molecule has 0 saturated heterocycles. The first-order chi connectivity index (χ1) is 16.6. The maximum atomic E-state index is 12.5. The van der Waals surface area contributed by atoms with Crippen molar-refractivity contribution in [3.05, 3.63) is 35.5 Å². The lowest BCUT2D eigenvalue weighted by Gasteiger charge is -2.19. The van der Waals surface area contributed by atoms with Crippen LogP contribution in [0.15, 0.2) is 29.3 Å². The molecule has 0 fully saturated rings. The number of rotatable bonds is 8. The van der Waals surface area contributed by atoms with E-state index in [9.17, 15) is 19.2 Å². The van der Waals surface area contributed by atoms with Crippen molar-refractivity contribution < 1.29 is 28.7 Å². The molecule has 1 aromatic carbocycles. The highest BCUT2D eigenvalue weighted by Crippen LogP contribution is 2.18. The first kappa shape index (κ1) is 28.3. The van der Waals surface area contributed by atoms with Crippen LogP contribution >= 0.6 is 0 Å². The summed E-state index contributed by atoms with van der Waals surface area (Å²) in [6.07, 6.45) is -0.662. The summed E-state index contributed by atoms with van der Waals surface area (Å²) in [5.74, 6) is -1.07. The van der Waals surface area contributed by atoms with E-state index in [1.165, 1.54) is 0 Å². The molecule has 0 aliphatic heterocycles. The van der Waals surface area contributed by atoms with Crippen molar-refractivity contribution in [2.24, 2.45) is 10.7 Å². The maximum Gasteiger partial charge on any atom is 0.436 e. The number of amides is 3. The number of hydrogen-bond acceptors (Lipinski definition) is 6. The maximum absolute atomic E-state index is 12.5. The lowest BCUT2D eigenvalue weighted by Crippen LogP contribution is -2.32. The molecular weight excluding hydrogens is 466 g/mol. The quantitative estimate of drug-likeness (QED) is 0.245. The van der Waals surface area contributed by atoms with Crippen molar-refractivity contribution in [3.63, 3.8) is 0 Å². The molecule has 196 valence electrons. The lowest BCUT2D eigenvalue weighted by molar-refractivity contribution is -0.154. The largest absolute Gasteiger partial charge is 0.460 e. The number of esters is 1. The van der Waals surface area contributed by atoms with Gasteiger partial charge in [0.15, 0.2) is 0 Å². The third kappa shape index (κ3) is 9.77. The van der Waals surface area contributed by atoms with Gasteiger partial charge in [0.25, 0.3) is 5.91 Å². The second-order valence-electron chi connectivity index (χ2n) is 10.2. The fourth-order valence-corrected chi connectivity index (χ4v) is 3.03. The van der Waals surface area contributed by atoms with E-state index in [4.69, 9.17) is 15.2 Å². The minimum Gasteiger partial charge on any atom is -0.460 e. The number of aliphatic imine (C=N–C) groups is 1. The molecule has 5 N–H and O–H groups in total. The Balaban J connectivity index is 1.87. The first-order valence-electron chi connectivity index (χ1n) is 11.6.